The molecule has 1 aromatic heterocycles. The number of nitrogens with two attached hydrogens (primary N) is 1. The third-order valence-electron chi connectivity index (χ3n) is 3.20. The molecule has 0 saturated heterocycles. The fourth-order valence-electron chi connectivity index (χ4n) is 2.07. The van der Waals surface area contributed by atoms with Crippen LogP contribution >= 0.6 is 11.3 Å². The van der Waals surface area contributed by atoms with E-state index in [0.717, 1.165) is 22.7 Å². The van der Waals surface area contributed by atoms with Gasteiger partial charge in [-0.2, -0.15) is 0 Å². The fourth-order valence-corrected chi connectivity index (χ4v) is 2.82. The molecule has 1 atom stereocenters. The maximum absolute atomic E-state index is 12.1. The predicted molar refractivity (Wildman–Crippen MR) is 86.5 cm³/mol. The molecule has 0 saturated carbocycles. The Kier molecular flexibility index (Phi) is 5.66. The van der Waals surface area contributed by atoms with Crippen molar-refractivity contribution in [1.29, 1.82) is 0 Å². The van der Waals surface area contributed by atoms with Crippen LogP contribution in [0.25, 0.3) is 0 Å². The van der Waals surface area contributed by atoms with Gasteiger partial charge in [-0.15, -0.1) is 11.3 Å². The van der Waals surface area contributed by atoms with Gasteiger partial charge in [-0.1, -0.05) is 37.3 Å². The zero-order valence-electron chi connectivity index (χ0n) is 12.4. The first-order valence-corrected chi connectivity index (χ1v) is 8.02. The van der Waals surface area contributed by atoms with Crippen molar-refractivity contribution in [1.82, 2.24) is 10.3 Å². The quantitative estimate of drug-likeness (QED) is 0.811. The number of hydrogen-bond donors (Lipinski definition) is 2. The molecule has 6 heteroatoms. The molecule has 116 valence electrons. The molecule has 2 rings (SSSR count). The SMILES string of the molecule is CCc1nc(CC(=O)N[C@H](Cc2ccccc2)C(N)=O)cs1. The van der Waals surface area contributed by atoms with Crippen molar-refractivity contribution < 1.29 is 9.59 Å². The Labute approximate surface area is 133 Å². The molecule has 0 unspecified atom stereocenters. The van der Waals surface area contributed by atoms with Crippen LogP contribution in [0.5, 0.6) is 0 Å². The zero-order valence-corrected chi connectivity index (χ0v) is 13.2. The lowest BCUT2D eigenvalue weighted by molar-refractivity contribution is -0.127. The number of amides is 2. The maximum Gasteiger partial charge on any atom is 0.240 e. The minimum Gasteiger partial charge on any atom is -0.368 e. The van der Waals surface area contributed by atoms with E-state index in [2.05, 4.69) is 10.3 Å². The Bertz CT molecular complexity index is 640. The highest BCUT2D eigenvalue weighted by atomic mass is 32.1. The average molecular weight is 317 g/mol. The number of aryl methyl sites for hydroxylation is 1. The zero-order chi connectivity index (χ0) is 15.9. The molecule has 0 aliphatic carbocycles. The van der Waals surface area contributed by atoms with Crippen molar-refractivity contribution in [2.45, 2.75) is 32.2 Å². The van der Waals surface area contributed by atoms with Gasteiger partial charge in [0.25, 0.3) is 0 Å². The first-order valence-electron chi connectivity index (χ1n) is 7.14. The largest absolute Gasteiger partial charge is 0.368 e. The number of primary amides is 1. The van der Waals surface area contributed by atoms with Crippen LogP contribution < -0.4 is 11.1 Å². The Morgan fingerprint density at radius 2 is 2.05 bits per heavy atom. The minimum atomic E-state index is -0.709. The summed E-state index contributed by atoms with van der Waals surface area (Å²) < 4.78 is 0. The molecule has 0 aliphatic heterocycles. The van der Waals surface area contributed by atoms with Gasteiger partial charge in [0.2, 0.25) is 11.8 Å². The van der Waals surface area contributed by atoms with Crippen LogP contribution in [0, 0.1) is 0 Å². The van der Waals surface area contributed by atoms with Gasteiger partial charge in [0, 0.05) is 11.8 Å². The molecular weight excluding hydrogens is 298 g/mol. The van der Waals surface area contributed by atoms with Gasteiger partial charge < -0.3 is 11.1 Å². The van der Waals surface area contributed by atoms with E-state index in [1.807, 2.05) is 42.6 Å². The third kappa shape index (κ3) is 4.66. The van der Waals surface area contributed by atoms with Crippen molar-refractivity contribution in [2.24, 2.45) is 5.73 Å². The Morgan fingerprint density at radius 1 is 1.32 bits per heavy atom. The molecule has 3 N–H and O–H groups in total. The lowest BCUT2D eigenvalue weighted by Crippen LogP contribution is -2.46. The van der Waals surface area contributed by atoms with E-state index in [1.54, 1.807) is 0 Å². The number of carbonyl (C=O) groups excluding carboxylic acids is 2. The number of hydrogen-bond acceptors (Lipinski definition) is 4. The fraction of sp³-hybridized carbons (Fsp3) is 0.312. The molecule has 22 heavy (non-hydrogen) atoms. The first kappa shape index (κ1) is 16.2. The van der Waals surface area contributed by atoms with Crippen molar-refractivity contribution >= 4 is 23.2 Å². The number of rotatable bonds is 7. The highest BCUT2D eigenvalue weighted by Crippen LogP contribution is 2.11. The molecule has 0 radical (unpaired) electrons. The second-order valence-electron chi connectivity index (χ2n) is 4.98. The van der Waals surface area contributed by atoms with Crippen LogP contribution in [0.15, 0.2) is 35.7 Å². The van der Waals surface area contributed by atoms with Gasteiger partial charge in [0.1, 0.15) is 6.04 Å². The number of nitrogens with zero attached hydrogens (tertiary/aromatic N) is 1. The average Bonchev–Trinajstić information content (AvgIpc) is 2.95. The molecule has 0 spiro atoms. The second-order valence-corrected chi connectivity index (χ2v) is 5.92. The molecule has 2 amide bonds. The summed E-state index contributed by atoms with van der Waals surface area (Å²) >= 11 is 1.54. The van der Waals surface area contributed by atoms with E-state index in [9.17, 15) is 9.59 Å². The monoisotopic (exact) mass is 317 g/mol. The van der Waals surface area contributed by atoms with E-state index in [0.29, 0.717) is 6.42 Å². The highest BCUT2D eigenvalue weighted by Gasteiger charge is 2.19. The molecule has 0 fully saturated rings. The van der Waals surface area contributed by atoms with Gasteiger partial charge in [-0.25, -0.2) is 4.98 Å². The normalized spacial score (nSPS) is 11.9. The summed E-state index contributed by atoms with van der Waals surface area (Å²) in [7, 11) is 0. The summed E-state index contributed by atoms with van der Waals surface area (Å²) in [5, 5.41) is 5.56. The standard InChI is InChI=1S/C16H19N3O2S/c1-2-15-18-12(10-22-15)9-14(20)19-13(16(17)21)8-11-6-4-3-5-7-11/h3-7,10,13H,2,8-9H2,1H3,(H2,17,21)(H,19,20)/t13-/m1/s1. The summed E-state index contributed by atoms with van der Waals surface area (Å²) in [6.45, 7) is 2.02. The molecule has 1 aromatic carbocycles. The van der Waals surface area contributed by atoms with Crippen molar-refractivity contribution in [3.05, 3.63) is 52.0 Å². The smallest absolute Gasteiger partial charge is 0.240 e. The Balaban J connectivity index is 1.95. The molecule has 1 heterocycles. The van der Waals surface area contributed by atoms with E-state index < -0.39 is 11.9 Å². The number of benzene rings is 1. The summed E-state index contributed by atoms with van der Waals surface area (Å²) in [6.07, 6.45) is 1.40. The van der Waals surface area contributed by atoms with Gasteiger partial charge in [-0.3, -0.25) is 9.59 Å². The number of thiazole rings is 1. The van der Waals surface area contributed by atoms with Gasteiger partial charge in [-0.05, 0) is 12.0 Å². The highest BCUT2D eigenvalue weighted by molar-refractivity contribution is 7.09. The third-order valence-corrected chi connectivity index (χ3v) is 4.25. The lowest BCUT2D eigenvalue weighted by Gasteiger charge is -2.15. The Morgan fingerprint density at radius 3 is 2.64 bits per heavy atom. The minimum absolute atomic E-state index is 0.162. The molecule has 0 bridgehead atoms. The molecular formula is C16H19N3O2S. The molecule has 2 aromatic rings. The summed E-state index contributed by atoms with van der Waals surface area (Å²) in [6, 6.07) is 8.76. The van der Waals surface area contributed by atoms with E-state index in [4.69, 9.17) is 5.73 Å². The lowest BCUT2D eigenvalue weighted by atomic mass is 10.1. The van der Waals surface area contributed by atoms with Gasteiger partial charge in [0.15, 0.2) is 0 Å². The predicted octanol–water partition coefficient (Wildman–Crippen LogP) is 1.46. The summed E-state index contributed by atoms with van der Waals surface area (Å²) in [4.78, 5) is 27.9. The van der Waals surface area contributed by atoms with Crippen molar-refractivity contribution in [2.75, 3.05) is 0 Å². The number of nitrogens with one attached hydrogen (secondary N) is 1. The molecule has 5 nitrogen and oxygen atoms in total. The van der Waals surface area contributed by atoms with Crippen LogP contribution in [-0.2, 0) is 28.9 Å². The van der Waals surface area contributed by atoms with E-state index >= 15 is 0 Å². The van der Waals surface area contributed by atoms with E-state index in [1.165, 1.54) is 11.3 Å². The van der Waals surface area contributed by atoms with Crippen LogP contribution in [0.1, 0.15) is 23.2 Å². The van der Waals surface area contributed by atoms with Crippen molar-refractivity contribution in [3.8, 4) is 0 Å². The number of carbonyl (C=O) groups is 2. The van der Waals surface area contributed by atoms with Crippen molar-refractivity contribution in [3.63, 3.8) is 0 Å². The van der Waals surface area contributed by atoms with Crippen LogP contribution in [-0.4, -0.2) is 22.8 Å². The Hall–Kier alpha value is -2.21. The summed E-state index contributed by atoms with van der Waals surface area (Å²) in [5.74, 6) is -0.780. The van der Waals surface area contributed by atoms with Gasteiger partial charge in [0.05, 0.1) is 17.1 Å². The number of aromatic nitrogens is 1. The first-order chi connectivity index (χ1) is 10.6. The maximum atomic E-state index is 12.1. The van der Waals surface area contributed by atoms with Crippen LogP contribution in [0.3, 0.4) is 0 Å². The van der Waals surface area contributed by atoms with Gasteiger partial charge >= 0.3 is 0 Å². The van der Waals surface area contributed by atoms with Crippen LogP contribution in [0.4, 0.5) is 0 Å². The topological polar surface area (TPSA) is 85.1 Å². The second kappa shape index (κ2) is 7.70. The summed E-state index contributed by atoms with van der Waals surface area (Å²) in [5.41, 5.74) is 7.06. The molecule has 0 aliphatic rings. The van der Waals surface area contributed by atoms with E-state index in [-0.39, 0.29) is 12.3 Å². The van der Waals surface area contributed by atoms with Crippen LogP contribution in [0.2, 0.25) is 0 Å².